The molecule has 1 unspecified atom stereocenters. The predicted molar refractivity (Wildman–Crippen MR) is 131 cm³/mol. The summed E-state index contributed by atoms with van der Waals surface area (Å²) in [5, 5.41) is 21.0. The highest BCUT2D eigenvalue weighted by Gasteiger charge is 2.22. The quantitative estimate of drug-likeness (QED) is 0.450. The molecule has 1 atom stereocenters. The number of aromatic hydroxyl groups is 1. The summed E-state index contributed by atoms with van der Waals surface area (Å²) >= 11 is 1.19. The Kier molecular flexibility index (Phi) is 7.37. The average molecular weight is 471 g/mol. The summed E-state index contributed by atoms with van der Waals surface area (Å²) in [6.07, 6.45) is 3.32. The van der Waals surface area contributed by atoms with Crippen LogP contribution in [0.1, 0.15) is 53.2 Å². The lowest BCUT2D eigenvalue weighted by Crippen LogP contribution is -2.36. The van der Waals surface area contributed by atoms with Gasteiger partial charge in [-0.25, -0.2) is 4.98 Å². The maximum absolute atomic E-state index is 12.7. The van der Waals surface area contributed by atoms with E-state index in [4.69, 9.17) is 0 Å². The first-order chi connectivity index (χ1) is 15.7. The Bertz CT molecular complexity index is 1170. The van der Waals surface area contributed by atoms with Crippen LogP contribution in [0.3, 0.4) is 0 Å². The first-order valence-electron chi connectivity index (χ1n) is 10.8. The van der Waals surface area contributed by atoms with Gasteiger partial charge in [0.15, 0.2) is 10.9 Å². The SMILES string of the molecule is CCN(CC)C(=O)C(C)n1cc(C)c(Nc2ncc(C(=O)Nc3c(C)ccc(O)c3C)s2)n1. The number of thiazole rings is 1. The highest BCUT2D eigenvalue weighted by molar-refractivity contribution is 7.17. The van der Waals surface area contributed by atoms with Gasteiger partial charge in [0.05, 0.1) is 11.9 Å². The summed E-state index contributed by atoms with van der Waals surface area (Å²) in [5.74, 6) is 0.412. The van der Waals surface area contributed by atoms with Gasteiger partial charge in [-0.15, -0.1) is 0 Å². The van der Waals surface area contributed by atoms with Gasteiger partial charge in [0, 0.05) is 30.4 Å². The van der Waals surface area contributed by atoms with Crippen LogP contribution in [-0.2, 0) is 4.79 Å². The van der Waals surface area contributed by atoms with E-state index in [1.54, 1.807) is 28.6 Å². The number of rotatable bonds is 8. The Balaban J connectivity index is 1.73. The summed E-state index contributed by atoms with van der Waals surface area (Å²) in [7, 11) is 0. The van der Waals surface area contributed by atoms with Crippen molar-refractivity contribution in [2.75, 3.05) is 23.7 Å². The summed E-state index contributed by atoms with van der Waals surface area (Å²) in [4.78, 5) is 31.9. The number of carbonyl (C=O) groups is 2. The lowest BCUT2D eigenvalue weighted by atomic mass is 10.1. The van der Waals surface area contributed by atoms with Crippen LogP contribution < -0.4 is 10.6 Å². The summed E-state index contributed by atoms with van der Waals surface area (Å²) in [5.41, 5.74) is 2.92. The zero-order chi connectivity index (χ0) is 24.3. The predicted octanol–water partition coefficient (Wildman–Crippen LogP) is 4.40. The molecule has 9 nitrogen and oxygen atoms in total. The number of likely N-dealkylation sites (N-methyl/N-ethyl adjacent to an activating group) is 1. The van der Waals surface area contributed by atoms with Crippen molar-refractivity contribution in [1.29, 1.82) is 0 Å². The van der Waals surface area contributed by atoms with E-state index in [1.165, 1.54) is 17.5 Å². The number of aryl methyl sites for hydroxylation is 2. The molecule has 0 aliphatic rings. The Morgan fingerprint density at radius 3 is 2.55 bits per heavy atom. The molecule has 176 valence electrons. The van der Waals surface area contributed by atoms with Gasteiger partial charge < -0.3 is 20.6 Å². The van der Waals surface area contributed by atoms with Crippen LogP contribution in [-0.4, -0.2) is 49.7 Å². The van der Waals surface area contributed by atoms with Crippen LogP contribution in [0, 0.1) is 20.8 Å². The van der Waals surface area contributed by atoms with Crippen molar-refractivity contribution in [2.24, 2.45) is 0 Å². The van der Waals surface area contributed by atoms with Crippen molar-refractivity contribution in [3.05, 3.63) is 46.1 Å². The topological polar surface area (TPSA) is 112 Å². The van der Waals surface area contributed by atoms with Gasteiger partial charge in [-0.2, -0.15) is 5.10 Å². The third-order valence-electron chi connectivity index (χ3n) is 5.58. The molecule has 0 saturated heterocycles. The van der Waals surface area contributed by atoms with Gasteiger partial charge in [-0.3, -0.25) is 14.3 Å². The third kappa shape index (κ3) is 5.16. The number of anilines is 3. The Morgan fingerprint density at radius 2 is 1.88 bits per heavy atom. The third-order valence-corrected chi connectivity index (χ3v) is 6.49. The minimum absolute atomic E-state index is 0.0137. The number of hydrogen-bond acceptors (Lipinski definition) is 7. The van der Waals surface area contributed by atoms with Crippen LogP contribution in [0.25, 0.3) is 0 Å². The van der Waals surface area contributed by atoms with Gasteiger partial charge in [-0.05, 0) is 53.2 Å². The maximum Gasteiger partial charge on any atom is 0.267 e. The van der Waals surface area contributed by atoms with E-state index in [9.17, 15) is 14.7 Å². The van der Waals surface area contributed by atoms with E-state index < -0.39 is 6.04 Å². The summed E-state index contributed by atoms with van der Waals surface area (Å²) < 4.78 is 1.65. The lowest BCUT2D eigenvalue weighted by Gasteiger charge is -2.22. The molecule has 1 aromatic carbocycles. The first kappa shape index (κ1) is 24.2. The molecule has 0 aliphatic heterocycles. The fraction of sp³-hybridized carbons (Fsp3) is 0.391. The molecule has 33 heavy (non-hydrogen) atoms. The van der Waals surface area contributed by atoms with Crippen molar-refractivity contribution in [3.8, 4) is 5.75 Å². The van der Waals surface area contributed by atoms with E-state index in [1.807, 2.05) is 40.8 Å². The van der Waals surface area contributed by atoms with E-state index in [0.717, 1.165) is 11.1 Å². The molecular weight excluding hydrogens is 440 g/mol. The van der Waals surface area contributed by atoms with Crippen molar-refractivity contribution >= 4 is 39.8 Å². The Labute approximate surface area is 197 Å². The zero-order valence-corrected chi connectivity index (χ0v) is 20.6. The average Bonchev–Trinajstić information content (AvgIpc) is 3.41. The zero-order valence-electron chi connectivity index (χ0n) is 19.8. The molecule has 2 amide bonds. The van der Waals surface area contributed by atoms with E-state index in [2.05, 4.69) is 20.7 Å². The highest BCUT2D eigenvalue weighted by atomic mass is 32.1. The molecular formula is C23H30N6O3S. The number of phenols is 1. The molecule has 3 rings (SSSR count). The molecule has 0 radical (unpaired) electrons. The van der Waals surface area contributed by atoms with Crippen molar-refractivity contribution < 1.29 is 14.7 Å². The molecule has 0 aliphatic carbocycles. The van der Waals surface area contributed by atoms with Crippen molar-refractivity contribution in [1.82, 2.24) is 19.7 Å². The standard InChI is InChI=1S/C23H30N6O3S/c1-7-28(8-2)22(32)16(6)29-12-14(4)20(27-29)26-23-24-11-18(33-23)21(31)25-19-13(3)9-10-17(30)15(19)5/h9-12,16,30H,7-8H2,1-6H3,(H,25,31)(H,24,26,27). The lowest BCUT2D eigenvalue weighted by molar-refractivity contribution is -0.134. The van der Waals surface area contributed by atoms with Gasteiger partial charge in [-0.1, -0.05) is 17.4 Å². The molecule has 2 aromatic heterocycles. The van der Waals surface area contributed by atoms with Crippen LogP contribution >= 0.6 is 11.3 Å². The second-order valence-corrected chi connectivity index (χ2v) is 8.87. The van der Waals surface area contributed by atoms with Crippen LogP contribution in [0.4, 0.5) is 16.6 Å². The smallest absolute Gasteiger partial charge is 0.267 e. The number of phenolic OH excluding ortho intramolecular Hbond substituents is 1. The minimum atomic E-state index is -0.425. The number of nitrogens with zero attached hydrogens (tertiary/aromatic N) is 4. The second kappa shape index (κ2) is 10.0. The Hall–Kier alpha value is -3.40. The van der Waals surface area contributed by atoms with Crippen molar-refractivity contribution in [2.45, 2.75) is 47.6 Å². The largest absolute Gasteiger partial charge is 0.508 e. The molecule has 0 saturated carbocycles. The second-order valence-electron chi connectivity index (χ2n) is 7.84. The fourth-order valence-electron chi connectivity index (χ4n) is 3.46. The number of benzene rings is 1. The van der Waals surface area contributed by atoms with Gasteiger partial charge in [0.25, 0.3) is 5.91 Å². The maximum atomic E-state index is 12.7. The van der Waals surface area contributed by atoms with Crippen LogP contribution in [0.15, 0.2) is 24.5 Å². The molecule has 0 bridgehead atoms. The van der Waals surface area contributed by atoms with E-state index in [0.29, 0.717) is 40.2 Å². The first-order valence-corrected chi connectivity index (χ1v) is 11.7. The molecule has 2 heterocycles. The van der Waals surface area contributed by atoms with Crippen molar-refractivity contribution in [3.63, 3.8) is 0 Å². The number of aromatic nitrogens is 3. The van der Waals surface area contributed by atoms with E-state index in [-0.39, 0.29) is 17.6 Å². The molecule has 0 fully saturated rings. The van der Waals surface area contributed by atoms with E-state index >= 15 is 0 Å². The number of hydrogen-bond donors (Lipinski definition) is 3. The summed E-state index contributed by atoms with van der Waals surface area (Å²) in [6.45, 7) is 12.6. The summed E-state index contributed by atoms with van der Waals surface area (Å²) in [6, 6.07) is 2.93. The highest BCUT2D eigenvalue weighted by Crippen LogP contribution is 2.30. The minimum Gasteiger partial charge on any atom is -0.508 e. The Morgan fingerprint density at radius 1 is 1.18 bits per heavy atom. The fourth-order valence-corrected chi connectivity index (χ4v) is 4.17. The number of nitrogens with one attached hydrogen (secondary N) is 2. The number of carbonyl (C=O) groups excluding carboxylic acids is 2. The van der Waals surface area contributed by atoms with Gasteiger partial charge >= 0.3 is 0 Å². The number of amides is 2. The molecule has 0 spiro atoms. The molecule has 3 N–H and O–H groups in total. The van der Waals surface area contributed by atoms with Crippen LogP contribution in [0.5, 0.6) is 5.75 Å². The molecule has 10 heteroatoms. The van der Waals surface area contributed by atoms with Gasteiger partial charge in [0.1, 0.15) is 16.7 Å². The van der Waals surface area contributed by atoms with Crippen LogP contribution in [0.2, 0.25) is 0 Å². The normalized spacial score (nSPS) is 11.8. The molecule has 3 aromatic rings. The van der Waals surface area contributed by atoms with Gasteiger partial charge in [0.2, 0.25) is 5.91 Å². The monoisotopic (exact) mass is 470 g/mol.